The summed E-state index contributed by atoms with van der Waals surface area (Å²) in [6, 6.07) is 5.73. The summed E-state index contributed by atoms with van der Waals surface area (Å²) in [5.41, 5.74) is 1.92. The molecular weight excluding hydrogens is 308 g/mol. The summed E-state index contributed by atoms with van der Waals surface area (Å²) < 4.78 is 4.11. The number of piperidine rings is 1. The van der Waals surface area contributed by atoms with E-state index >= 15 is 0 Å². The second kappa shape index (κ2) is 7.47. The van der Waals surface area contributed by atoms with Gasteiger partial charge >= 0.3 is 0 Å². The van der Waals surface area contributed by atoms with Gasteiger partial charge in [-0.25, -0.2) is 0 Å². The Labute approximate surface area is 141 Å². The molecule has 1 aliphatic heterocycles. The van der Waals surface area contributed by atoms with Gasteiger partial charge in [-0.15, -0.1) is 5.10 Å². The van der Waals surface area contributed by atoms with Gasteiger partial charge in [-0.2, -0.15) is 0 Å². The van der Waals surface area contributed by atoms with Crippen LogP contribution in [0.1, 0.15) is 55.0 Å². The minimum Gasteiger partial charge on any atom is -0.387 e. The molecule has 3 heterocycles. The number of likely N-dealkylation sites (tertiary alicyclic amines) is 1. The number of pyridine rings is 1. The van der Waals surface area contributed by atoms with Crippen molar-refractivity contribution in [1.29, 1.82) is 0 Å². The molecule has 1 atom stereocenters. The lowest BCUT2D eigenvalue weighted by Gasteiger charge is -2.33. The summed E-state index contributed by atoms with van der Waals surface area (Å²) in [5, 5.41) is 14.8. The lowest BCUT2D eigenvalue weighted by Crippen LogP contribution is -2.35. The fourth-order valence-electron chi connectivity index (χ4n) is 3.19. The molecule has 2 aromatic heterocycles. The standard InChI is InChI=1S/C17H24N4OS/c1-12(2)16-15(23-20-19-16)11-21-9-6-13(7-10-21)17(22)14-5-3-4-8-18-14/h3-5,8,12-13,17,22H,6-7,9-11H2,1-2H3/t17-/m1/s1. The van der Waals surface area contributed by atoms with Gasteiger partial charge in [0.25, 0.3) is 0 Å². The van der Waals surface area contributed by atoms with Crippen LogP contribution in [0.15, 0.2) is 24.4 Å². The number of aliphatic hydroxyl groups is 1. The number of nitrogens with zero attached hydrogens (tertiary/aromatic N) is 4. The van der Waals surface area contributed by atoms with E-state index in [0.29, 0.717) is 11.8 Å². The number of hydrogen-bond donors (Lipinski definition) is 1. The lowest BCUT2D eigenvalue weighted by molar-refractivity contribution is 0.0541. The monoisotopic (exact) mass is 332 g/mol. The van der Waals surface area contributed by atoms with Crippen molar-refractivity contribution in [1.82, 2.24) is 19.5 Å². The molecular formula is C17H24N4OS. The molecule has 2 aromatic rings. The molecule has 3 rings (SSSR count). The minimum absolute atomic E-state index is 0.297. The molecule has 23 heavy (non-hydrogen) atoms. The fraction of sp³-hybridized carbons (Fsp3) is 0.588. The Morgan fingerprint density at radius 1 is 1.30 bits per heavy atom. The van der Waals surface area contributed by atoms with E-state index in [0.717, 1.165) is 43.9 Å². The topological polar surface area (TPSA) is 62.1 Å². The molecule has 0 bridgehead atoms. The Morgan fingerprint density at radius 3 is 2.74 bits per heavy atom. The Hall–Kier alpha value is -1.37. The summed E-state index contributed by atoms with van der Waals surface area (Å²) in [5.74, 6) is 0.720. The van der Waals surface area contributed by atoms with Crippen LogP contribution in [0.3, 0.4) is 0 Å². The lowest BCUT2D eigenvalue weighted by atomic mass is 9.89. The van der Waals surface area contributed by atoms with Crippen molar-refractivity contribution in [2.75, 3.05) is 13.1 Å². The van der Waals surface area contributed by atoms with Gasteiger partial charge in [0.1, 0.15) is 0 Å². The molecule has 6 heteroatoms. The van der Waals surface area contributed by atoms with Crippen molar-refractivity contribution in [3.8, 4) is 0 Å². The summed E-state index contributed by atoms with van der Waals surface area (Å²) in [7, 11) is 0. The Kier molecular flexibility index (Phi) is 5.35. The Balaban J connectivity index is 1.55. The van der Waals surface area contributed by atoms with Crippen molar-refractivity contribution in [2.45, 2.75) is 45.3 Å². The van der Waals surface area contributed by atoms with Crippen molar-refractivity contribution in [2.24, 2.45) is 5.92 Å². The van der Waals surface area contributed by atoms with Crippen LogP contribution in [0.5, 0.6) is 0 Å². The molecule has 5 nitrogen and oxygen atoms in total. The van der Waals surface area contributed by atoms with Crippen LogP contribution in [0.25, 0.3) is 0 Å². The molecule has 0 amide bonds. The zero-order valence-corrected chi connectivity index (χ0v) is 14.5. The average molecular weight is 332 g/mol. The summed E-state index contributed by atoms with van der Waals surface area (Å²) >= 11 is 1.51. The van der Waals surface area contributed by atoms with Crippen LogP contribution in [0.4, 0.5) is 0 Å². The highest BCUT2D eigenvalue weighted by Gasteiger charge is 2.27. The second-order valence-corrected chi connectivity index (χ2v) is 7.39. The highest BCUT2D eigenvalue weighted by atomic mass is 32.1. The smallest absolute Gasteiger partial charge is 0.0988 e. The number of hydrogen-bond acceptors (Lipinski definition) is 6. The highest BCUT2D eigenvalue weighted by Crippen LogP contribution is 2.31. The van der Waals surface area contributed by atoms with Crippen LogP contribution >= 0.6 is 11.5 Å². The normalized spacial score (nSPS) is 18.4. The average Bonchev–Trinajstić information content (AvgIpc) is 3.04. The fourth-order valence-corrected chi connectivity index (χ4v) is 4.02. The Bertz CT molecular complexity index is 608. The zero-order chi connectivity index (χ0) is 16.2. The van der Waals surface area contributed by atoms with Crippen molar-refractivity contribution in [3.05, 3.63) is 40.7 Å². The minimum atomic E-state index is -0.449. The van der Waals surface area contributed by atoms with E-state index < -0.39 is 6.10 Å². The zero-order valence-electron chi connectivity index (χ0n) is 13.7. The third kappa shape index (κ3) is 3.94. The van der Waals surface area contributed by atoms with Gasteiger partial charge in [0.15, 0.2) is 0 Å². The van der Waals surface area contributed by atoms with Crippen LogP contribution in [0.2, 0.25) is 0 Å². The van der Waals surface area contributed by atoms with E-state index in [1.807, 2.05) is 18.2 Å². The summed E-state index contributed by atoms with van der Waals surface area (Å²) in [4.78, 5) is 8.01. The van der Waals surface area contributed by atoms with Crippen LogP contribution in [-0.4, -0.2) is 37.7 Å². The molecule has 0 saturated carbocycles. The van der Waals surface area contributed by atoms with Gasteiger partial charge < -0.3 is 5.11 Å². The van der Waals surface area contributed by atoms with E-state index in [2.05, 4.69) is 33.3 Å². The molecule has 0 spiro atoms. The van der Waals surface area contributed by atoms with Gasteiger partial charge in [0.2, 0.25) is 0 Å². The predicted octanol–water partition coefficient (Wildman–Crippen LogP) is 3.00. The first-order valence-electron chi connectivity index (χ1n) is 8.27. The number of aliphatic hydroxyl groups excluding tert-OH is 1. The largest absolute Gasteiger partial charge is 0.387 e. The Morgan fingerprint density at radius 2 is 2.09 bits per heavy atom. The molecule has 0 aromatic carbocycles. The van der Waals surface area contributed by atoms with E-state index in [4.69, 9.17) is 0 Å². The maximum Gasteiger partial charge on any atom is 0.0988 e. The maximum absolute atomic E-state index is 10.5. The summed E-state index contributed by atoms with van der Waals surface area (Å²) in [6.45, 7) is 7.26. The highest BCUT2D eigenvalue weighted by molar-refractivity contribution is 7.05. The third-order valence-electron chi connectivity index (χ3n) is 4.57. The van der Waals surface area contributed by atoms with Crippen molar-refractivity contribution < 1.29 is 5.11 Å². The maximum atomic E-state index is 10.5. The number of aromatic nitrogens is 3. The molecule has 1 N–H and O–H groups in total. The first-order chi connectivity index (χ1) is 11.1. The van der Waals surface area contributed by atoms with Gasteiger partial charge in [-0.3, -0.25) is 9.88 Å². The van der Waals surface area contributed by atoms with E-state index in [9.17, 15) is 5.11 Å². The molecule has 0 aliphatic carbocycles. The van der Waals surface area contributed by atoms with Gasteiger partial charge in [0.05, 0.1) is 22.4 Å². The third-order valence-corrected chi connectivity index (χ3v) is 5.29. The molecule has 0 radical (unpaired) electrons. The van der Waals surface area contributed by atoms with Crippen molar-refractivity contribution in [3.63, 3.8) is 0 Å². The molecule has 1 aliphatic rings. The molecule has 0 unspecified atom stereocenters. The second-order valence-electron chi connectivity index (χ2n) is 6.55. The predicted molar refractivity (Wildman–Crippen MR) is 91.2 cm³/mol. The molecule has 124 valence electrons. The molecule has 1 fully saturated rings. The van der Waals surface area contributed by atoms with Gasteiger partial charge in [-0.1, -0.05) is 24.4 Å². The van der Waals surface area contributed by atoms with E-state index in [1.54, 1.807) is 6.20 Å². The summed E-state index contributed by atoms with van der Waals surface area (Å²) in [6.07, 6.45) is 3.30. The van der Waals surface area contributed by atoms with E-state index in [1.165, 1.54) is 16.4 Å². The van der Waals surface area contributed by atoms with E-state index in [-0.39, 0.29) is 0 Å². The first-order valence-corrected chi connectivity index (χ1v) is 9.05. The van der Waals surface area contributed by atoms with Crippen LogP contribution in [-0.2, 0) is 6.54 Å². The quantitative estimate of drug-likeness (QED) is 0.912. The first kappa shape index (κ1) is 16.5. The van der Waals surface area contributed by atoms with Crippen molar-refractivity contribution >= 4 is 11.5 Å². The van der Waals surface area contributed by atoms with Crippen LogP contribution < -0.4 is 0 Å². The molecule has 1 saturated heterocycles. The van der Waals surface area contributed by atoms with Crippen LogP contribution in [0, 0.1) is 5.92 Å². The number of rotatable bonds is 5. The SMILES string of the molecule is CC(C)c1nnsc1CN1CCC([C@@H](O)c2ccccn2)CC1. The van der Waals surface area contributed by atoms with Gasteiger partial charge in [0, 0.05) is 12.7 Å². The van der Waals surface area contributed by atoms with Gasteiger partial charge in [-0.05, 0) is 61.4 Å².